The summed E-state index contributed by atoms with van der Waals surface area (Å²) in [4.78, 5) is 26.7. The first-order valence-corrected chi connectivity index (χ1v) is 5.88. The Kier molecular flexibility index (Phi) is 3.92. The predicted octanol–water partition coefficient (Wildman–Crippen LogP) is 2.31. The van der Waals surface area contributed by atoms with Gasteiger partial charge in [0.05, 0.1) is 0 Å². The molecule has 0 atom stereocenters. The topological polar surface area (TPSA) is 76.0 Å². The number of rotatable bonds is 3. The summed E-state index contributed by atoms with van der Waals surface area (Å²) < 4.78 is 1.34. The fourth-order valence-electron chi connectivity index (χ4n) is 1.45. The zero-order valence-corrected chi connectivity index (χ0v) is 10.5. The maximum atomic E-state index is 11.7. The second-order valence-corrected chi connectivity index (χ2v) is 3.88. The summed E-state index contributed by atoms with van der Waals surface area (Å²) in [5.41, 5.74) is 1.35. The van der Waals surface area contributed by atoms with Crippen LogP contribution in [0.25, 0.3) is 0 Å². The Labute approximate surface area is 110 Å². The van der Waals surface area contributed by atoms with Crippen molar-refractivity contribution in [3.05, 3.63) is 43.0 Å². The third-order valence-corrected chi connectivity index (χ3v) is 2.48. The third kappa shape index (κ3) is 3.41. The number of imidazole rings is 1. The van der Waals surface area contributed by atoms with Gasteiger partial charge in [0.1, 0.15) is 6.33 Å². The molecule has 6 heteroatoms. The average molecular weight is 258 g/mol. The van der Waals surface area contributed by atoms with Crippen LogP contribution in [-0.4, -0.2) is 21.5 Å². The van der Waals surface area contributed by atoms with Gasteiger partial charge in [0, 0.05) is 30.2 Å². The number of aromatic nitrogens is 2. The summed E-state index contributed by atoms with van der Waals surface area (Å²) in [7, 11) is 0. The summed E-state index contributed by atoms with van der Waals surface area (Å²) >= 11 is 0. The first-order valence-electron chi connectivity index (χ1n) is 5.88. The SMILES string of the molecule is CCC(=O)Nc1ccc(NC(=O)n2ccnc2)cc1. The molecule has 2 aromatic rings. The van der Waals surface area contributed by atoms with Crippen molar-refractivity contribution in [2.45, 2.75) is 13.3 Å². The summed E-state index contributed by atoms with van der Waals surface area (Å²) in [5.74, 6) is -0.0461. The number of hydrogen-bond donors (Lipinski definition) is 2. The van der Waals surface area contributed by atoms with Crippen LogP contribution in [0.4, 0.5) is 16.2 Å². The highest BCUT2D eigenvalue weighted by atomic mass is 16.2. The quantitative estimate of drug-likeness (QED) is 0.887. The smallest absolute Gasteiger partial charge is 0.326 e. The van der Waals surface area contributed by atoms with E-state index < -0.39 is 0 Å². The molecule has 2 amide bonds. The standard InChI is InChI=1S/C13H14N4O2/c1-2-12(18)15-10-3-5-11(6-4-10)16-13(19)17-8-7-14-9-17/h3-9H,2H2,1H3,(H,15,18)(H,16,19). The van der Waals surface area contributed by atoms with E-state index in [4.69, 9.17) is 0 Å². The van der Waals surface area contributed by atoms with Gasteiger partial charge in [-0.3, -0.25) is 9.36 Å². The van der Waals surface area contributed by atoms with Crippen LogP contribution in [0.2, 0.25) is 0 Å². The van der Waals surface area contributed by atoms with Crippen molar-refractivity contribution in [2.24, 2.45) is 0 Å². The van der Waals surface area contributed by atoms with Crippen molar-refractivity contribution in [1.82, 2.24) is 9.55 Å². The number of amides is 2. The maximum Gasteiger partial charge on any atom is 0.331 e. The lowest BCUT2D eigenvalue weighted by atomic mass is 10.2. The van der Waals surface area contributed by atoms with E-state index in [9.17, 15) is 9.59 Å². The number of hydrogen-bond acceptors (Lipinski definition) is 3. The lowest BCUT2D eigenvalue weighted by Crippen LogP contribution is -2.17. The molecule has 0 radical (unpaired) electrons. The van der Waals surface area contributed by atoms with Gasteiger partial charge in [0.25, 0.3) is 0 Å². The van der Waals surface area contributed by atoms with Crippen molar-refractivity contribution in [3.8, 4) is 0 Å². The molecule has 1 aromatic carbocycles. The van der Waals surface area contributed by atoms with Crippen molar-refractivity contribution in [3.63, 3.8) is 0 Å². The van der Waals surface area contributed by atoms with Gasteiger partial charge in [0.2, 0.25) is 5.91 Å². The van der Waals surface area contributed by atoms with Crippen LogP contribution in [-0.2, 0) is 4.79 Å². The molecule has 6 nitrogen and oxygen atoms in total. The molecule has 0 spiro atoms. The first-order chi connectivity index (χ1) is 9.19. The monoisotopic (exact) mass is 258 g/mol. The van der Waals surface area contributed by atoms with Crippen LogP contribution in [0, 0.1) is 0 Å². The molecule has 0 saturated carbocycles. The van der Waals surface area contributed by atoms with Gasteiger partial charge in [-0.05, 0) is 24.3 Å². The molecule has 0 fully saturated rings. The number of carbonyl (C=O) groups excluding carboxylic acids is 2. The molecule has 2 N–H and O–H groups in total. The Hall–Kier alpha value is -2.63. The minimum Gasteiger partial charge on any atom is -0.326 e. The molecule has 98 valence electrons. The molecular formula is C13H14N4O2. The maximum absolute atomic E-state index is 11.7. The van der Waals surface area contributed by atoms with Crippen LogP contribution in [0.1, 0.15) is 13.3 Å². The van der Waals surface area contributed by atoms with Crippen LogP contribution in [0.3, 0.4) is 0 Å². The van der Waals surface area contributed by atoms with Gasteiger partial charge < -0.3 is 10.6 Å². The first kappa shape index (κ1) is 12.8. The Morgan fingerprint density at radius 3 is 2.32 bits per heavy atom. The molecule has 0 aliphatic carbocycles. The number of carbonyl (C=O) groups is 2. The summed E-state index contributed by atoms with van der Waals surface area (Å²) in [6, 6.07) is 6.62. The highest BCUT2D eigenvalue weighted by Crippen LogP contribution is 2.14. The fraction of sp³-hybridized carbons (Fsp3) is 0.154. The molecule has 0 saturated heterocycles. The average Bonchev–Trinajstić information content (AvgIpc) is 2.95. The van der Waals surface area contributed by atoms with E-state index in [2.05, 4.69) is 15.6 Å². The molecule has 0 unspecified atom stereocenters. The summed E-state index contributed by atoms with van der Waals surface area (Å²) in [6.45, 7) is 1.79. The normalized spacial score (nSPS) is 9.95. The van der Waals surface area contributed by atoms with Crippen molar-refractivity contribution >= 4 is 23.3 Å². The van der Waals surface area contributed by atoms with Crippen LogP contribution >= 0.6 is 0 Å². The Morgan fingerprint density at radius 1 is 1.16 bits per heavy atom. The van der Waals surface area contributed by atoms with Crippen molar-refractivity contribution < 1.29 is 9.59 Å². The minimum absolute atomic E-state index is 0.0461. The van der Waals surface area contributed by atoms with Gasteiger partial charge in [0.15, 0.2) is 0 Å². The van der Waals surface area contributed by atoms with E-state index in [1.807, 2.05) is 0 Å². The molecule has 1 heterocycles. The van der Waals surface area contributed by atoms with Crippen molar-refractivity contribution in [2.75, 3.05) is 10.6 Å². The summed E-state index contributed by atoms with van der Waals surface area (Å²) in [6.07, 6.45) is 4.94. The minimum atomic E-state index is -0.289. The number of nitrogens with one attached hydrogen (secondary N) is 2. The van der Waals surface area contributed by atoms with E-state index >= 15 is 0 Å². The van der Waals surface area contributed by atoms with Gasteiger partial charge >= 0.3 is 6.03 Å². The van der Waals surface area contributed by atoms with E-state index in [-0.39, 0.29) is 11.9 Å². The van der Waals surface area contributed by atoms with Crippen molar-refractivity contribution in [1.29, 1.82) is 0 Å². The number of benzene rings is 1. The highest BCUT2D eigenvalue weighted by Gasteiger charge is 2.04. The van der Waals surface area contributed by atoms with E-state index in [1.54, 1.807) is 37.4 Å². The number of anilines is 2. The van der Waals surface area contributed by atoms with Crippen LogP contribution in [0.15, 0.2) is 43.0 Å². The lowest BCUT2D eigenvalue weighted by molar-refractivity contribution is -0.115. The second kappa shape index (κ2) is 5.81. The van der Waals surface area contributed by atoms with Crippen LogP contribution in [0.5, 0.6) is 0 Å². The Balaban J connectivity index is 1.99. The largest absolute Gasteiger partial charge is 0.331 e. The molecule has 1 aromatic heterocycles. The van der Waals surface area contributed by atoms with E-state index in [0.29, 0.717) is 17.8 Å². The molecule has 2 rings (SSSR count). The zero-order chi connectivity index (χ0) is 13.7. The molecule has 0 aliphatic heterocycles. The highest BCUT2D eigenvalue weighted by molar-refractivity contribution is 5.92. The van der Waals surface area contributed by atoms with E-state index in [0.717, 1.165) is 0 Å². The third-order valence-electron chi connectivity index (χ3n) is 2.48. The van der Waals surface area contributed by atoms with Gasteiger partial charge in [-0.2, -0.15) is 0 Å². The summed E-state index contributed by atoms with van der Waals surface area (Å²) in [5, 5.41) is 5.44. The zero-order valence-electron chi connectivity index (χ0n) is 10.5. The number of nitrogens with zero attached hydrogens (tertiary/aromatic N) is 2. The van der Waals surface area contributed by atoms with Gasteiger partial charge in [-0.1, -0.05) is 6.92 Å². The second-order valence-electron chi connectivity index (χ2n) is 3.88. The van der Waals surface area contributed by atoms with Crippen LogP contribution < -0.4 is 10.6 Å². The molecular weight excluding hydrogens is 244 g/mol. The molecule has 0 aliphatic rings. The van der Waals surface area contributed by atoms with E-state index in [1.165, 1.54) is 17.1 Å². The molecule has 19 heavy (non-hydrogen) atoms. The van der Waals surface area contributed by atoms with Gasteiger partial charge in [-0.15, -0.1) is 0 Å². The molecule has 0 bridgehead atoms. The predicted molar refractivity (Wildman–Crippen MR) is 72.0 cm³/mol. The lowest BCUT2D eigenvalue weighted by Gasteiger charge is -2.07. The fourth-order valence-corrected chi connectivity index (χ4v) is 1.45. The Morgan fingerprint density at radius 2 is 1.79 bits per heavy atom. The van der Waals surface area contributed by atoms with Gasteiger partial charge in [-0.25, -0.2) is 9.78 Å². The Bertz CT molecular complexity index is 561.